The van der Waals surface area contributed by atoms with Crippen LogP contribution in [0, 0.1) is 0 Å². The van der Waals surface area contributed by atoms with E-state index in [1.807, 2.05) is 0 Å². The van der Waals surface area contributed by atoms with Gasteiger partial charge in [0.05, 0.1) is 18.8 Å². The molecule has 0 heterocycles. The van der Waals surface area contributed by atoms with E-state index >= 15 is 0 Å². The summed E-state index contributed by atoms with van der Waals surface area (Å²) in [4.78, 5) is 23.8. The first-order chi connectivity index (χ1) is 18.2. The first-order valence-corrected chi connectivity index (χ1v) is 12.5. The molecule has 204 valence electrons. The van der Waals surface area contributed by atoms with Crippen molar-refractivity contribution in [3.05, 3.63) is 106 Å². The molecule has 1 aromatic rings. The number of amides is 1. The van der Waals surface area contributed by atoms with Gasteiger partial charge in [0.15, 0.2) is 0 Å². The van der Waals surface area contributed by atoms with Gasteiger partial charge in [-0.15, -0.1) is 0 Å². The number of esters is 1. The second kappa shape index (κ2) is 16.3. The van der Waals surface area contributed by atoms with Crippen molar-refractivity contribution in [2.75, 3.05) is 26.7 Å². The molecule has 1 aromatic carbocycles. The van der Waals surface area contributed by atoms with Crippen LogP contribution in [0.15, 0.2) is 95.2 Å². The zero-order valence-electron chi connectivity index (χ0n) is 22.1. The van der Waals surface area contributed by atoms with E-state index in [0.29, 0.717) is 30.6 Å². The van der Waals surface area contributed by atoms with Gasteiger partial charge in [-0.05, 0) is 62.1 Å². The highest BCUT2D eigenvalue weighted by Gasteiger charge is 2.12. The van der Waals surface area contributed by atoms with Gasteiger partial charge in [-0.1, -0.05) is 48.4 Å². The molecule has 0 saturated carbocycles. The lowest BCUT2D eigenvalue weighted by atomic mass is 10.1. The highest BCUT2D eigenvalue weighted by Crippen LogP contribution is 2.17. The van der Waals surface area contributed by atoms with E-state index in [4.69, 9.17) is 0 Å². The van der Waals surface area contributed by atoms with Crippen LogP contribution in [0.25, 0.3) is 0 Å². The zero-order valence-corrected chi connectivity index (χ0v) is 22.1. The van der Waals surface area contributed by atoms with Gasteiger partial charge in [0.2, 0.25) is 0 Å². The number of nitrogens with one attached hydrogen (secondary N) is 2. The number of aliphatic hydroxyl groups excluding tert-OH is 1. The van der Waals surface area contributed by atoms with Crippen LogP contribution in [-0.2, 0) is 4.74 Å². The van der Waals surface area contributed by atoms with Gasteiger partial charge < -0.3 is 20.5 Å². The number of rotatable bonds is 9. The summed E-state index contributed by atoms with van der Waals surface area (Å²) in [5.74, 6) is -1.85. The zero-order chi connectivity index (χ0) is 27.9. The van der Waals surface area contributed by atoms with Crippen LogP contribution in [0.4, 0.5) is 8.78 Å². The highest BCUT2D eigenvalue weighted by atomic mass is 19.1. The van der Waals surface area contributed by atoms with Crippen molar-refractivity contribution in [2.45, 2.75) is 39.2 Å². The molecule has 0 bridgehead atoms. The number of hydrogen-bond donors (Lipinski definition) is 3. The van der Waals surface area contributed by atoms with E-state index in [0.717, 1.165) is 24.5 Å². The number of halogens is 2. The molecule has 0 fully saturated rings. The summed E-state index contributed by atoms with van der Waals surface area (Å²) in [5.41, 5.74) is 4.03. The number of ether oxygens (including phenoxy) is 1. The molecule has 0 radical (unpaired) electrons. The molecule has 0 saturated heterocycles. The van der Waals surface area contributed by atoms with Crippen LogP contribution < -0.4 is 10.6 Å². The van der Waals surface area contributed by atoms with E-state index in [-0.39, 0.29) is 12.5 Å². The second-order valence-corrected chi connectivity index (χ2v) is 8.91. The Morgan fingerprint density at radius 1 is 1.08 bits per heavy atom. The van der Waals surface area contributed by atoms with E-state index in [2.05, 4.69) is 46.6 Å². The Balaban J connectivity index is 0.000000423. The number of aliphatic hydroxyl groups is 1. The maximum absolute atomic E-state index is 12.4. The number of methoxy groups -OCH3 is 1. The number of carbonyl (C=O) groups is 2. The third kappa shape index (κ3) is 11.2. The smallest absolute Gasteiger partial charge is 0.337 e. The third-order valence-corrected chi connectivity index (χ3v) is 5.68. The van der Waals surface area contributed by atoms with Crippen molar-refractivity contribution in [1.82, 2.24) is 10.6 Å². The molecule has 1 amide bonds. The molecule has 1 atom stereocenters. The Bertz CT molecular complexity index is 1160. The molecule has 0 aromatic heterocycles. The van der Waals surface area contributed by atoms with E-state index < -0.39 is 23.7 Å². The topological polar surface area (TPSA) is 87.7 Å². The minimum absolute atomic E-state index is 0.118. The number of benzene rings is 1. The van der Waals surface area contributed by atoms with Crippen LogP contribution in [0.1, 0.15) is 53.8 Å². The summed E-state index contributed by atoms with van der Waals surface area (Å²) in [6.07, 6.45) is 13.7. The van der Waals surface area contributed by atoms with Gasteiger partial charge in [-0.2, -0.15) is 0 Å². The molecule has 3 rings (SSSR count). The normalized spacial score (nSPS) is 15.7. The van der Waals surface area contributed by atoms with Crippen LogP contribution in [0.5, 0.6) is 0 Å². The summed E-state index contributed by atoms with van der Waals surface area (Å²) < 4.78 is 29.5. The van der Waals surface area contributed by atoms with Crippen molar-refractivity contribution in [1.29, 1.82) is 0 Å². The van der Waals surface area contributed by atoms with Crippen molar-refractivity contribution >= 4 is 11.9 Å². The maximum Gasteiger partial charge on any atom is 0.337 e. The van der Waals surface area contributed by atoms with Crippen LogP contribution >= 0.6 is 0 Å². The fraction of sp³-hybridized carbons (Fsp3) is 0.333. The van der Waals surface area contributed by atoms with Gasteiger partial charge in [0.1, 0.15) is 11.7 Å². The lowest BCUT2D eigenvalue weighted by Crippen LogP contribution is -2.38. The summed E-state index contributed by atoms with van der Waals surface area (Å²) >= 11 is 0. The molecular weight excluding hydrogens is 490 g/mol. The lowest BCUT2D eigenvalue weighted by Gasteiger charge is -2.14. The Labute approximate surface area is 223 Å². The monoisotopic (exact) mass is 526 g/mol. The van der Waals surface area contributed by atoms with Crippen molar-refractivity contribution in [3.63, 3.8) is 0 Å². The fourth-order valence-electron chi connectivity index (χ4n) is 3.60. The number of hydrogen-bond acceptors (Lipinski definition) is 5. The van der Waals surface area contributed by atoms with Gasteiger partial charge in [0, 0.05) is 31.3 Å². The number of carbonyl (C=O) groups excluding carboxylic acids is 2. The predicted molar refractivity (Wildman–Crippen MR) is 146 cm³/mol. The Hall–Kier alpha value is -3.62. The van der Waals surface area contributed by atoms with E-state index in [1.165, 1.54) is 36.5 Å². The minimum Gasteiger partial charge on any atom is -0.465 e. The number of allylic oxidation sites excluding steroid dienone is 11. The summed E-state index contributed by atoms with van der Waals surface area (Å²) in [5, 5.41) is 16.0. The maximum atomic E-state index is 12.4. The molecular formula is C30H36F2N2O4. The van der Waals surface area contributed by atoms with Crippen molar-refractivity contribution in [3.8, 4) is 0 Å². The second-order valence-electron chi connectivity index (χ2n) is 8.91. The predicted octanol–water partition coefficient (Wildman–Crippen LogP) is 5.42. The summed E-state index contributed by atoms with van der Waals surface area (Å²) in [6.45, 7) is 5.07. The van der Waals surface area contributed by atoms with E-state index in [9.17, 15) is 23.5 Å². The van der Waals surface area contributed by atoms with Crippen LogP contribution in [-0.4, -0.2) is 49.8 Å². The molecule has 38 heavy (non-hydrogen) atoms. The standard InChI is InChI=1S/C22H28N2O4.C8H8F2/c1-3-16-7-4-5-8-17(11-16)13-23-14-20(25)15-24-21(26)18-9-6-10-19(12-18)22(27)28-2;1-6-2-3-7(9)5-8(10)4-6/h4-7,9-12,20,23,25H,3,8,13-15H2,1-2H3,(H,24,26);3-5H,2H2,1H3. The fourth-order valence-corrected chi connectivity index (χ4v) is 3.60. The molecule has 3 N–H and O–H groups in total. The van der Waals surface area contributed by atoms with Crippen LogP contribution in [0.3, 0.4) is 0 Å². The van der Waals surface area contributed by atoms with Gasteiger partial charge in [-0.25, -0.2) is 13.6 Å². The molecule has 2 aliphatic carbocycles. The van der Waals surface area contributed by atoms with Gasteiger partial charge >= 0.3 is 5.97 Å². The van der Waals surface area contributed by atoms with Gasteiger partial charge in [0.25, 0.3) is 5.91 Å². The van der Waals surface area contributed by atoms with Crippen LogP contribution in [0.2, 0.25) is 0 Å². The Morgan fingerprint density at radius 3 is 2.58 bits per heavy atom. The molecule has 8 heteroatoms. The first kappa shape index (κ1) is 30.6. The largest absolute Gasteiger partial charge is 0.465 e. The van der Waals surface area contributed by atoms with Crippen molar-refractivity contribution in [2.24, 2.45) is 0 Å². The summed E-state index contributed by atoms with van der Waals surface area (Å²) in [6, 6.07) is 6.28. The first-order valence-electron chi connectivity index (χ1n) is 12.5. The Morgan fingerprint density at radius 2 is 1.84 bits per heavy atom. The highest BCUT2D eigenvalue weighted by molar-refractivity contribution is 5.97. The molecule has 1 unspecified atom stereocenters. The molecule has 0 spiro atoms. The summed E-state index contributed by atoms with van der Waals surface area (Å²) in [7, 11) is 1.29. The quantitative estimate of drug-likeness (QED) is 0.374. The third-order valence-electron chi connectivity index (χ3n) is 5.68. The van der Waals surface area contributed by atoms with Crippen molar-refractivity contribution < 1.29 is 28.2 Å². The molecule has 6 nitrogen and oxygen atoms in total. The average Bonchev–Trinajstić information content (AvgIpc) is 3.23. The molecule has 0 aliphatic heterocycles. The average molecular weight is 527 g/mol. The SMILES string of the molecule is CC1=CC(F)=CC(F)=CC1.CCC1=CC=CCC(CNCC(O)CNC(=O)c2cccc(C(=O)OC)c2)=C1. The minimum atomic E-state index is -0.712. The van der Waals surface area contributed by atoms with Gasteiger partial charge in [-0.3, -0.25) is 4.79 Å². The lowest BCUT2D eigenvalue weighted by molar-refractivity contribution is 0.0600. The molecule has 2 aliphatic rings. The Kier molecular flexibility index (Phi) is 13.1. The van der Waals surface area contributed by atoms with E-state index in [1.54, 1.807) is 25.1 Å².